The molecule has 1 saturated heterocycles. The van der Waals surface area contributed by atoms with E-state index >= 15 is 0 Å². The van der Waals surface area contributed by atoms with E-state index < -0.39 is 0 Å². The minimum atomic E-state index is -0.282. The van der Waals surface area contributed by atoms with E-state index in [0.29, 0.717) is 31.0 Å². The normalized spacial score (nSPS) is 17.1. The number of nitrogens with one attached hydrogen (secondary N) is 1. The van der Waals surface area contributed by atoms with Crippen LogP contribution in [0.2, 0.25) is 0 Å². The summed E-state index contributed by atoms with van der Waals surface area (Å²) in [4.78, 5) is 35.5. The molecule has 1 unspecified atom stereocenters. The SMILES string of the molecule is CCN(CC)C(=O)C1CCCN(NC(=O)c2cc(-c3ccccc3)ncn2)C1. The smallest absolute Gasteiger partial charge is 0.284 e. The number of hydrogen-bond donors (Lipinski definition) is 1. The fraction of sp³-hybridized carbons (Fsp3) is 0.429. The summed E-state index contributed by atoms with van der Waals surface area (Å²) < 4.78 is 0. The van der Waals surface area contributed by atoms with Crippen molar-refractivity contribution in [1.29, 1.82) is 0 Å². The first-order chi connectivity index (χ1) is 13.6. The molecule has 1 atom stereocenters. The van der Waals surface area contributed by atoms with Crippen LogP contribution in [-0.4, -0.2) is 57.9 Å². The van der Waals surface area contributed by atoms with Crippen molar-refractivity contribution in [3.8, 4) is 11.3 Å². The average molecular weight is 381 g/mol. The third-order valence-electron chi connectivity index (χ3n) is 5.07. The molecule has 1 aromatic heterocycles. The highest BCUT2D eigenvalue weighted by atomic mass is 16.2. The molecule has 0 spiro atoms. The molecule has 1 N–H and O–H groups in total. The molecule has 1 aliphatic heterocycles. The van der Waals surface area contributed by atoms with Gasteiger partial charge in [0.2, 0.25) is 5.91 Å². The summed E-state index contributed by atoms with van der Waals surface area (Å²) in [5, 5.41) is 1.84. The van der Waals surface area contributed by atoms with E-state index in [4.69, 9.17) is 0 Å². The van der Waals surface area contributed by atoms with Gasteiger partial charge in [0, 0.05) is 31.7 Å². The Labute approximate surface area is 165 Å². The van der Waals surface area contributed by atoms with Gasteiger partial charge in [0.25, 0.3) is 5.91 Å². The minimum Gasteiger partial charge on any atom is -0.343 e. The number of amides is 2. The largest absolute Gasteiger partial charge is 0.343 e. The molecule has 2 aromatic rings. The molecule has 0 bridgehead atoms. The second-order valence-electron chi connectivity index (χ2n) is 6.89. The van der Waals surface area contributed by atoms with Gasteiger partial charge in [-0.25, -0.2) is 15.0 Å². The second-order valence-corrected chi connectivity index (χ2v) is 6.89. The van der Waals surface area contributed by atoms with Crippen molar-refractivity contribution in [2.75, 3.05) is 26.2 Å². The van der Waals surface area contributed by atoms with Gasteiger partial charge in [0.15, 0.2) is 0 Å². The summed E-state index contributed by atoms with van der Waals surface area (Å²) in [6.07, 6.45) is 3.13. The van der Waals surface area contributed by atoms with E-state index in [9.17, 15) is 9.59 Å². The van der Waals surface area contributed by atoms with Crippen LogP contribution >= 0.6 is 0 Å². The lowest BCUT2D eigenvalue weighted by atomic mass is 9.97. The van der Waals surface area contributed by atoms with E-state index in [0.717, 1.165) is 24.9 Å². The van der Waals surface area contributed by atoms with Gasteiger partial charge < -0.3 is 4.90 Å². The van der Waals surface area contributed by atoms with Gasteiger partial charge in [0.1, 0.15) is 12.0 Å². The lowest BCUT2D eigenvalue weighted by molar-refractivity contribution is -0.137. The van der Waals surface area contributed by atoms with Gasteiger partial charge in [-0.1, -0.05) is 30.3 Å². The third kappa shape index (κ3) is 4.72. The zero-order chi connectivity index (χ0) is 19.9. The highest BCUT2D eigenvalue weighted by Crippen LogP contribution is 2.19. The van der Waals surface area contributed by atoms with Crippen LogP contribution in [-0.2, 0) is 4.79 Å². The first-order valence-electron chi connectivity index (χ1n) is 9.84. The Hall–Kier alpha value is -2.80. The first-order valence-corrected chi connectivity index (χ1v) is 9.84. The molecule has 0 aliphatic carbocycles. The average Bonchev–Trinajstić information content (AvgIpc) is 2.75. The Bertz CT molecular complexity index is 807. The van der Waals surface area contributed by atoms with Crippen molar-refractivity contribution in [3.63, 3.8) is 0 Å². The molecule has 1 aromatic carbocycles. The van der Waals surface area contributed by atoms with E-state index in [1.807, 2.05) is 54.1 Å². The Balaban J connectivity index is 1.65. The summed E-state index contributed by atoms with van der Waals surface area (Å²) in [6.45, 7) is 6.65. The first kappa shape index (κ1) is 19.9. The van der Waals surface area contributed by atoms with Crippen LogP contribution in [0.5, 0.6) is 0 Å². The second kappa shape index (κ2) is 9.41. The number of nitrogens with zero attached hydrogens (tertiary/aromatic N) is 4. The Morgan fingerprint density at radius 1 is 1.18 bits per heavy atom. The van der Waals surface area contributed by atoms with Crippen LogP contribution in [0, 0.1) is 5.92 Å². The van der Waals surface area contributed by atoms with E-state index in [2.05, 4.69) is 15.4 Å². The number of carbonyl (C=O) groups is 2. The molecule has 2 amide bonds. The van der Waals surface area contributed by atoms with Crippen LogP contribution < -0.4 is 5.43 Å². The number of piperidine rings is 1. The van der Waals surface area contributed by atoms with Gasteiger partial charge >= 0.3 is 0 Å². The zero-order valence-corrected chi connectivity index (χ0v) is 16.5. The standard InChI is InChI=1S/C21H27N5O2/c1-3-25(4-2)21(28)17-11-8-12-26(14-17)24-20(27)19-13-18(22-15-23-19)16-9-6-5-7-10-16/h5-7,9-10,13,15,17H,3-4,8,11-12,14H2,1-2H3,(H,24,27). The Morgan fingerprint density at radius 3 is 2.64 bits per heavy atom. The number of hydrogen-bond acceptors (Lipinski definition) is 5. The maximum atomic E-state index is 12.7. The summed E-state index contributed by atoms with van der Waals surface area (Å²) in [5.74, 6) is -0.202. The molecule has 28 heavy (non-hydrogen) atoms. The van der Waals surface area contributed by atoms with Crippen LogP contribution in [0.4, 0.5) is 0 Å². The van der Waals surface area contributed by atoms with Gasteiger partial charge in [-0.05, 0) is 32.8 Å². The van der Waals surface area contributed by atoms with Gasteiger partial charge in [-0.15, -0.1) is 0 Å². The van der Waals surface area contributed by atoms with Crippen molar-refractivity contribution >= 4 is 11.8 Å². The van der Waals surface area contributed by atoms with E-state index in [-0.39, 0.29) is 17.7 Å². The molecule has 1 fully saturated rings. The van der Waals surface area contributed by atoms with Gasteiger partial charge in [0.05, 0.1) is 11.6 Å². The quantitative estimate of drug-likeness (QED) is 0.831. The van der Waals surface area contributed by atoms with Crippen molar-refractivity contribution in [3.05, 3.63) is 48.4 Å². The predicted octanol–water partition coefficient (Wildman–Crippen LogP) is 2.37. The van der Waals surface area contributed by atoms with Crippen molar-refractivity contribution in [2.24, 2.45) is 5.92 Å². The van der Waals surface area contributed by atoms with Crippen molar-refractivity contribution in [2.45, 2.75) is 26.7 Å². The maximum Gasteiger partial charge on any atom is 0.284 e. The van der Waals surface area contributed by atoms with Crippen LogP contribution in [0.3, 0.4) is 0 Å². The zero-order valence-electron chi connectivity index (χ0n) is 16.5. The van der Waals surface area contributed by atoms with Crippen molar-refractivity contribution < 1.29 is 9.59 Å². The minimum absolute atomic E-state index is 0.0840. The number of rotatable bonds is 6. The van der Waals surface area contributed by atoms with Crippen molar-refractivity contribution in [1.82, 2.24) is 25.3 Å². The fourth-order valence-corrected chi connectivity index (χ4v) is 3.52. The number of hydrazine groups is 1. The fourth-order valence-electron chi connectivity index (χ4n) is 3.52. The van der Waals surface area contributed by atoms with Gasteiger partial charge in [-0.2, -0.15) is 0 Å². The number of carbonyl (C=O) groups excluding carboxylic acids is 2. The lowest BCUT2D eigenvalue weighted by Crippen LogP contribution is -2.51. The molecule has 3 rings (SSSR count). The Kier molecular flexibility index (Phi) is 6.71. The highest BCUT2D eigenvalue weighted by molar-refractivity contribution is 5.92. The molecular formula is C21H27N5O2. The lowest BCUT2D eigenvalue weighted by Gasteiger charge is -2.34. The molecule has 7 heteroatoms. The van der Waals surface area contributed by atoms with Gasteiger partial charge in [-0.3, -0.25) is 15.0 Å². The summed E-state index contributed by atoms with van der Waals surface area (Å²) in [7, 11) is 0. The molecule has 7 nitrogen and oxygen atoms in total. The van der Waals surface area contributed by atoms with E-state index in [1.165, 1.54) is 6.33 Å². The van der Waals surface area contributed by atoms with Crippen LogP contribution in [0.25, 0.3) is 11.3 Å². The maximum absolute atomic E-state index is 12.7. The summed E-state index contributed by atoms with van der Waals surface area (Å²) in [5.41, 5.74) is 4.85. The highest BCUT2D eigenvalue weighted by Gasteiger charge is 2.29. The molecule has 0 saturated carbocycles. The molecular weight excluding hydrogens is 354 g/mol. The van der Waals surface area contributed by atoms with Crippen LogP contribution in [0.15, 0.2) is 42.7 Å². The third-order valence-corrected chi connectivity index (χ3v) is 5.07. The Morgan fingerprint density at radius 2 is 1.93 bits per heavy atom. The van der Waals surface area contributed by atoms with Crippen LogP contribution in [0.1, 0.15) is 37.2 Å². The molecule has 148 valence electrons. The summed E-state index contributed by atoms with van der Waals surface area (Å²) in [6, 6.07) is 11.4. The molecule has 0 radical (unpaired) electrons. The summed E-state index contributed by atoms with van der Waals surface area (Å²) >= 11 is 0. The number of benzene rings is 1. The number of aromatic nitrogens is 2. The van der Waals surface area contributed by atoms with E-state index in [1.54, 1.807) is 6.07 Å². The molecule has 1 aliphatic rings. The topological polar surface area (TPSA) is 78.4 Å². The predicted molar refractivity (Wildman–Crippen MR) is 107 cm³/mol. The molecule has 2 heterocycles. The monoisotopic (exact) mass is 381 g/mol.